The van der Waals surface area contributed by atoms with Crippen molar-refractivity contribution in [3.8, 4) is 0 Å². The number of hydrogen-bond acceptors (Lipinski definition) is 2. The Hall–Kier alpha value is -0.650. The molecule has 3 nitrogen and oxygen atoms in total. The molecule has 0 aliphatic heterocycles. The van der Waals surface area contributed by atoms with Crippen LogP contribution in [0.15, 0.2) is 24.3 Å². The van der Waals surface area contributed by atoms with Gasteiger partial charge in [-0.2, -0.15) is 0 Å². The van der Waals surface area contributed by atoms with Crippen LogP contribution in [0, 0.1) is 5.82 Å². The molecule has 0 aliphatic carbocycles. The monoisotopic (exact) mass is 265 g/mol. The Kier molecular flexibility index (Phi) is 4.70. The quantitative estimate of drug-likeness (QED) is 0.827. The zero-order valence-electron chi connectivity index (χ0n) is 8.78. The Balaban J connectivity index is 2.58. The van der Waals surface area contributed by atoms with E-state index in [4.69, 9.17) is 11.6 Å². The largest absolute Gasteiger partial charge is 0.225 e. The van der Waals surface area contributed by atoms with Crippen LogP contribution in [-0.2, 0) is 16.4 Å². The van der Waals surface area contributed by atoms with E-state index in [1.807, 2.05) is 0 Å². The van der Waals surface area contributed by atoms with Gasteiger partial charge in [0.2, 0.25) is 10.0 Å². The summed E-state index contributed by atoms with van der Waals surface area (Å²) in [6, 6.07) is 5.67. The maximum Gasteiger partial charge on any atom is 0.225 e. The van der Waals surface area contributed by atoms with Crippen molar-refractivity contribution < 1.29 is 12.8 Å². The highest BCUT2D eigenvalue weighted by Gasteiger charge is 2.13. The predicted molar refractivity (Wildman–Crippen MR) is 62.3 cm³/mol. The lowest BCUT2D eigenvalue weighted by Gasteiger charge is -2.12. The Morgan fingerprint density at radius 3 is 2.44 bits per heavy atom. The fourth-order valence-corrected chi connectivity index (χ4v) is 2.30. The third-order valence-electron chi connectivity index (χ3n) is 1.98. The van der Waals surface area contributed by atoms with Gasteiger partial charge in [-0.25, -0.2) is 17.5 Å². The van der Waals surface area contributed by atoms with Gasteiger partial charge in [-0.15, -0.1) is 11.6 Å². The Morgan fingerprint density at radius 2 is 1.94 bits per heavy atom. The third-order valence-corrected chi connectivity index (χ3v) is 3.89. The minimum Gasteiger partial charge on any atom is -0.211 e. The molecule has 0 amide bonds. The van der Waals surface area contributed by atoms with Gasteiger partial charge in [0.25, 0.3) is 0 Å². The van der Waals surface area contributed by atoms with E-state index in [-0.39, 0.29) is 11.9 Å². The second kappa shape index (κ2) is 5.61. The first-order valence-corrected chi connectivity index (χ1v) is 6.92. The number of sulfonamides is 1. The molecule has 1 unspecified atom stereocenters. The zero-order chi connectivity index (χ0) is 12.2. The molecule has 0 heterocycles. The Bertz CT molecular complexity index is 433. The van der Waals surface area contributed by atoms with Gasteiger partial charge < -0.3 is 0 Å². The number of rotatable bonds is 5. The van der Waals surface area contributed by atoms with Crippen LogP contribution in [0.1, 0.15) is 12.5 Å². The van der Waals surface area contributed by atoms with Crippen LogP contribution in [0.5, 0.6) is 0 Å². The Labute approximate surface area is 99.7 Å². The molecule has 90 valence electrons. The molecule has 0 aromatic heterocycles. The summed E-state index contributed by atoms with van der Waals surface area (Å²) in [4.78, 5) is 0. The van der Waals surface area contributed by atoms with Crippen LogP contribution < -0.4 is 4.72 Å². The van der Waals surface area contributed by atoms with Crippen LogP contribution in [0.25, 0.3) is 0 Å². The smallest absolute Gasteiger partial charge is 0.211 e. The fraction of sp³-hybridized carbons (Fsp3) is 0.400. The highest BCUT2D eigenvalue weighted by atomic mass is 35.5. The zero-order valence-corrected chi connectivity index (χ0v) is 10.4. The van der Waals surface area contributed by atoms with Crippen molar-refractivity contribution in [2.24, 2.45) is 0 Å². The standard InChI is InChI=1S/C10H13ClFNO2S/c1-8(13-16(14,15)7-11)6-9-2-4-10(12)5-3-9/h2-5,8,13H,6-7H2,1H3. The average molecular weight is 266 g/mol. The number of hydrogen-bond donors (Lipinski definition) is 1. The molecule has 1 aromatic carbocycles. The molecule has 1 N–H and O–H groups in total. The SMILES string of the molecule is CC(Cc1ccc(F)cc1)NS(=O)(=O)CCl. The molecule has 0 radical (unpaired) electrons. The van der Waals surface area contributed by atoms with E-state index in [9.17, 15) is 12.8 Å². The van der Waals surface area contributed by atoms with E-state index in [1.165, 1.54) is 12.1 Å². The van der Waals surface area contributed by atoms with Crippen molar-refractivity contribution in [1.29, 1.82) is 0 Å². The van der Waals surface area contributed by atoms with E-state index in [0.29, 0.717) is 6.42 Å². The van der Waals surface area contributed by atoms with E-state index >= 15 is 0 Å². The summed E-state index contributed by atoms with van der Waals surface area (Å²) in [5.41, 5.74) is 0.867. The number of halogens is 2. The van der Waals surface area contributed by atoms with Gasteiger partial charge in [-0.05, 0) is 31.0 Å². The first-order valence-electron chi connectivity index (χ1n) is 4.73. The topological polar surface area (TPSA) is 46.2 Å². The molecular weight excluding hydrogens is 253 g/mol. The lowest BCUT2D eigenvalue weighted by Crippen LogP contribution is -2.34. The normalized spacial score (nSPS) is 13.7. The third kappa shape index (κ3) is 4.47. The molecule has 16 heavy (non-hydrogen) atoms. The van der Waals surface area contributed by atoms with E-state index < -0.39 is 15.2 Å². The maximum absolute atomic E-state index is 12.6. The summed E-state index contributed by atoms with van der Waals surface area (Å²) in [5, 5.41) is -0.458. The lowest BCUT2D eigenvalue weighted by molar-refractivity contribution is 0.563. The molecule has 0 saturated carbocycles. The summed E-state index contributed by atoms with van der Waals surface area (Å²) in [5.74, 6) is -0.308. The van der Waals surface area contributed by atoms with Gasteiger partial charge in [0.1, 0.15) is 11.0 Å². The van der Waals surface area contributed by atoms with Crippen molar-refractivity contribution >= 4 is 21.6 Å². The van der Waals surface area contributed by atoms with E-state index in [1.54, 1.807) is 19.1 Å². The van der Waals surface area contributed by atoms with E-state index in [2.05, 4.69) is 4.72 Å². The van der Waals surface area contributed by atoms with Crippen molar-refractivity contribution in [3.05, 3.63) is 35.6 Å². The molecular formula is C10H13ClFNO2S. The summed E-state index contributed by atoms with van der Waals surface area (Å²) in [6.45, 7) is 1.73. The maximum atomic E-state index is 12.6. The summed E-state index contributed by atoms with van der Waals surface area (Å²) in [7, 11) is -3.41. The summed E-state index contributed by atoms with van der Waals surface area (Å²) < 4.78 is 37.3. The molecule has 0 spiro atoms. The molecule has 1 atom stereocenters. The fourth-order valence-electron chi connectivity index (χ4n) is 1.35. The predicted octanol–water partition coefficient (Wildman–Crippen LogP) is 1.87. The second-order valence-corrected chi connectivity index (χ2v) is 5.91. The van der Waals surface area contributed by atoms with Crippen molar-refractivity contribution in [2.75, 3.05) is 5.21 Å². The number of benzene rings is 1. The summed E-state index contributed by atoms with van der Waals surface area (Å²) >= 11 is 5.26. The first-order chi connectivity index (χ1) is 7.43. The van der Waals surface area contributed by atoms with Gasteiger partial charge in [0.15, 0.2) is 0 Å². The highest BCUT2D eigenvalue weighted by molar-refractivity contribution is 7.90. The van der Waals surface area contributed by atoms with Crippen LogP contribution in [-0.4, -0.2) is 19.7 Å². The van der Waals surface area contributed by atoms with Gasteiger partial charge >= 0.3 is 0 Å². The second-order valence-electron chi connectivity index (χ2n) is 3.57. The lowest BCUT2D eigenvalue weighted by atomic mass is 10.1. The molecule has 0 saturated heterocycles. The van der Waals surface area contributed by atoms with Crippen LogP contribution >= 0.6 is 11.6 Å². The van der Waals surface area contributed by atoms with Crippen molar-refractivity contribution in [2.45, 2.75) is 19.4 Å². The van der Waals surface area contributed by atoms with Crippen molar-refractivity contribution in [1.82, 2.24) is 4.72 Å². The van der Waals surface area contributed by atoms with Gasteiger partial charge in [-0.3, -0.25) is 0 Å². The van der Waals surface area contributed by atoms with Crippen LogP contribution in [0.3, 0.4) is 0 Å². The van der Waals surface area contributed by atoms with Crippen molar-refractivity contribution in [3.63, 3.8) is 0 Å². The first kappa shape index (κ1) is 13.4. The minimum absolute atomic E-state index is 0.269. The number of nitrogens with one attached hydrogen (secondary N) is 1. The minimum atomic E-state index is -3.41. The Morgan fingerprint density at radius 1 is 1.38 bits per heavy atom. The van der Waals surface area contributed by atoms with Crippen LogP contribution in [0.4, 0.5) is 4.39 Å². The van der Waals surface area contributed by atoms with Gasteiger partial charge in [-0.1, -0.05) is 12.1 Å². The molecule has 6 heteroatoms. The molecule has 1 rings (SSSR count). The molecule has 0 bridgehead atoms. The summed E-state index contributed by atoms with van der Waals surface area (Å²) in [6.07, 6.45) is 0.496. The molecule has 1 aromatic rings. The molecule has 0 aliphatic rings. The van der Waals surface area contributed by atoms with Gasteiger partial charge in [0, 0.05) is 6.04 Å². The highest BCUT2D eigenvalue weighted by Crippen LogP contribution is 2.06. The average Bonchev–Trinajstić information content (AvgIpc) is 2.21. The number of alkyl halides is 1. The van der Waals surface area contributed by atoms with Crippen LogP contribution in [0.2, 0.25) is 0 Å². The molecule has 0 fully saturated rings. The van der Waals surface area contributed by atoms with Gasteiger partial charge in [0.05, 0.1) is 0 Å². The van der Waals surface area contributed by atoms with E-state index in [0.717, 1.165) is 5.56 Å².